The normalized spacial score (nSPS) is 18.4. The molecule has 0 aromatic carbocycles. The Morgan fingerprint density at radius 1 is 1.26 bits per heavy atom. The Kier molecular flexibility index (Phi) is 3.33. The zero-order chi connectivity index (χ0) is 13.8. The number of hydrogen-bond acceptors (Lipinski definition) is 7. The van der Waals surface area contributed by atoms with Crippen LogP contribution in [0.25, 0.3) is 0 Å². The summed E-state index contributed by atoms with van der Waals surface area (Å²) in [4.78, 5) is 3.88. The number of aliphatic hydroxyl groups is 1. The van der Waals surface area contributed by atoms with Crippen LogP contribution in [-0.4, -0.2) is 10.1 Å². The van der Waals surface area contributed by atoms with Crippen molar-refractivity contribution in [3.63, 3.8) is 0 Å². The van der Waals surface area contributed by atoms with Gasteiger partial charge in [0.15, 0.2) is 0 Å². The summed E-state index contributed by atoms with van der Waals surface area (Å²) in [6.45, 7) is 0. The lowest BCUT2D eigenvalue weighted by Crippen LogP contribution is -2.37. The predicted molar refractivity (Wildman–Crippen MR) is 65.3 cm³/mol. The molecule has 2 heterocycles. The highest BCUT2D eigenvalue weighted by Crippen LogP contribution is 2.35. The van der Waals surface area contributed by atoms with E-state index in [0.29, 0.717) is 5.56 Å². The molecule has 5 N–H and O–H groups in total. The van der Waals surface area contributed by atoms with E-state index in [1.807, 2.05) is 12.1 Å². The van der Waals surface area contributed by atoms with Crippen LogP contribution in [0.15, 0.2) is 47.4 Å². The number of nitrogens with one attached hydrogen (secondary N) is 2. The van der Waals surface area contributed by atoms with Crippen molar-refractivity contribution < 1.29 is 5.11 Å². The number of allylic oxidation sites excluding steroid dienone is 2. The minimum atomic E-state index is -0.676. The van der Waals surface area contributed by atoms with E-state index in [1.54, 1.807) is 24.5 Å². The second kappa shape index (κ2) is 5.08. The van der Waals surface area contributed by atoms with E-state index in [0.717, 1.165) is 0 Å². The van der Waals surface area contributed by atoms with Crippen molar-refractivity contribution in [3.8, 4) is 12.1 Å². The Labute approximate surface area is 109 Å². The van der Waals surface area contributed by atoms with Crippen molar-refractivity contribution >= 4 is 0 Å². The molecule has 7 heteroatoms. The van der Waals surface area contributed by atoms with Gasteiger partial charge in [0.2, 0.25) is 5.88 Å². The Balaban J connectivity index is 2.63. The Bertz CT molecular complexity index is 634. The highest BCUT2D eigenvalue weighted by Gasteiger charge is 2.32. The molecule has 19 heavy (non-hydrogen) atoms. The summed E-state index contributed by atoms with van der Waals surface area (Å²) in [5.41, 5.74) is 3.26. The van der Waals surface area contributed by atoms with Gasteiger partial charge in [-0.15, -0.1) is 0 Å². The number of nitrogens with zero attached hydrogens (tertiary/aromatic N) is 3. The molecule has 0 saturated carbocycles. The predicted octanol–water partition coefficient (Wildman–Crippen LogP) is 0.260. The first-order valence-corrected chi connectivity index (χ1v) is 5.34. The second-order valence-corrected chi connectivity index (χ2v) is 3.76. The molecule has 0 bridgehead atoms. The van der Waals surface area contributed by atoms with Crippen LogP contribution in [0.2, 0.25) is 0 Å². The van der Waals surface area contributed by atoms with Gasteiger partial charge >= 0.3 is 0 Å². The zero-order valence-corrected chi connectivity index (χ0v) is 9.75. The maximum absolute atomic E-state index is 9.81. The van der Waals surface area contributed by atoms with Gasteiger partial charge in [0.1, 0.15) is 17.5 Å². The molecule has 1 aliphatic heterocycles. The monoisotopic (exact) mass is 254 g/mol. The first-order chi connectivity index (χ1) is 9.22. The van der Waals surface area contributed by atoms with Crippen molar-refractivity contribution in [3.05, 3.63) is 52.9 Å². The average molecular weight is 254 g/mol. The van der Waals surface area contributed by atoms with Crippen LogP contribution in [0.5, 0.6) is 0 Å². The van der Waals surface area contributed by atoms with Crippen LogP contribution in [0.4, 0.5) is 0 Å². The minimum absolute atomic E-state index is 0.0572. The highest BCUT2D eigenvalue weighted by atomic mass is 16.3. The molecule has 1 atom stereocenters. The molecule has 7 nitrogen and oxygen atoms in total. The molecule has 1 aromatic rings. The van der Waals surface area contributed by atoms with Crippen LogP contribution in [-0.2, 0) is 0 Å². The van der Waals surface area contributed by atoms with E-state index in [1.165, 1.54) is 0 Å². The van der Waals surface area contributed by atoms with Gasteiger partial charge in [-0.25, -0.2) is 5.84 Å². The molecular formula is C12H10N6O. The molecule has 94 valence electrons. The van der Waals surface area contributed by atoms with Crippen LogP contribution in [0, 0.1) is 22.7 Å². The van der Waals surface area contributed by atoms with E-state index in [-0.39, 0.29) is 22.9 Å². The van der Waals surface area contributed by atoms with Gasteiger partial charge in [-0.05, 0) is 17.7 Å². The smallest absolute Gasteiger partial charge is 0.205 e. The van der Waals surface area contributed by atoms with E-state index in [4.69, 9.17) is 11.1 Å². The summed E-state index contributed by atoms with van der Waals surface area (Å²) >= 11 is 0. The number of nitrogens with two attached hydrogens (primary N) is 1. The highest BCUT2D eigenvalue weighted by molar-refractivity contribution is 5.53. The van der Waals surface area contributed by atoms with Gasteiger partial charge in [0.05, 0.1) is 17.6 Å². The van der Waals surface area contributed by atoms with Crippen LogP contribution in [0.3, 0.4) is 0 Å². The summed E-state index contributed by atoms with van der Waals surface area (Å²) in [7, 11) is 0. The van der Waals surface area contributed by atoms with Gasteiger partial charge in [-0.2, -0.15) is 10.5 Å². The van der Waals surface area contributed by atoms with Crippen molar-refractivity contribution in [2.24, 2.45) is 5.84 Å². The second-order valence-electron chi connectivity index (χ2n) is 3.76. The van der Waals surface area contributed by atoms with E-state index >= 15 is 0 Å². The summed E-state index contributed by atoms with van der Waals surface area (Å²) in [5.74, 6) is 4.48. The molecule has 0 spiro atoms. The van der Waals surface area contributed by atoms with Gasteiger partial charge in [-0.3, -0.25) is 4.98 Å². The summed E-state index contributed by atoms with van der Waals surface area (Å²) in [5, 5.41) is 30.7. The third-order valence-electron chi connectivity index (χ3n) is 2.77. The third-order valence-corrected chi connectivity index (χ3v) is 2.77. The number of pyridine rings is 1. The standard InChI is InChI=1S/C12H10N6O/c13-5-8-10(7-1-3-16-4-2-7)9(6-14)12(19)17-11(8)18-15/h1-4,10,17-19H,15H2/t10-/m0/s1. The van der Waals surface area contributed by atoms with Crippen LogP contribution < -0.4 is 16.6 Å². The Morgan fingerprint density at radius 2 is 1.89 bits per heavy atom. The zero-order valence-electron chi connectivity index (χ0n) is 9.75. The molecule has 0 saturated heterocycles. The first kappa shape index (κ1) is 12.4. The Morgan fingerprint density at radius 3 is 2.42 bits per heavy atom. The number of aliphatic hydroxyl groups excluding tert-OH is 1. The lowest BCUT2D eigenvalue weighted by molar-refractivity contribution is 0.359. The average Bonchev–Trinajstić information content (AvgIpc) is 2.46. The van der Waals surface area contributed by atoms with E-state index in [9.17, 15) is 10.4 Å². The van der Waals surface area contributed by atoms with E-state index < -0.39 is 5.92 Å². The lowest BCUT2D eigenvalue weighted by Gasteiger charge is -2.25. The fourth-order valence-corrected chi connectivity index (χ4v) is 1.92. The quantitative estimate of drug-likeness (QED) is 0.439. The van der Waals surface area contributed by atoms with Crippen molar-refractivity contribution in [1.29, 1.82) is 10.5 Å². The van der Waals surface area contributed by atoms with Gasteiger partial charge in [0.25, 0.3) is 0 Å². The van der Waals surface area contributed by atoms with Gasteiger partial charge < -0.3 is 15.8 Å². The maximum atomic E-state index is 9.81. The summed E-state index contributed by atoms with van der Waals surface area (Å²) in [6.07, 6.45) is 3.10. The first-order valence-electron chi connectivity index (χ1n) is 5.34. The molecular weight excluding hydrogens is 244 g/mol. The molecule has 2 rings (SSSR count). The largest absolute Gasteiger partial charge is 0.494 e. The number of nitriles is 2. The number of hydrogen-bond donors (Lipinski definition) is 4. The molecule has 1 aromatic heterocycles. The van der Waals surface area contributed by atoms with E-state index in [2.05, 4.69) is 15.7 Å². The SMILES string of the molecule is N#CC1=C(O)NC(NN)=C(C#N)[C@@H]1c1ccncc1. The van der Waals surface area contributed by atoms with Crippen molar-refractivity contribution in [2.45, 2.75) is 5.92 Å². The topological polar surface area (TPSA) is 131 Å². The number of dihydropyridines is 1. The number of rotatable bonds is 2. The molecule has 0 amide bonds. The van der Waals surface area contributed by atoms with Gasteiger partial charge in [-0.1, -0.05) is 0 Å². The van der Waals surface area contributed by atoms with Crippen molar-refractivity contribution in [1.82, 2.24) is 15.7 Å². The van der Waals surface area contributed by atoms with Crippen molar-refractivity contribution in [2.75, 3.05) is 0 Å². The summed E-state index contributed by atoms with van der Waals surface area (Å²) in [6, 6.07) is 7.25. The number of aromatic nitrogens is 1. The van der Waals surface area contributed by atoms with Crippen LogP contribution >= 0.6 is 0 Å². The molecule has 0 aliphatic carbocycles. The third kappa shape index (κ3) is 2.06. The summed E-state index contributed by atoms with van der Waals surface area (Å²) < 4.78 is 0. The molecule has 1 aliphatic rings. The molecule has 0 radical (unpaired) electrons. The number of hydrazine groups is 1. The maximum Gasteiger partial charge on any atom is 0.205 e. The molecule has 0 fully saturated rings. The fraction of sp³-hybridized carbons (Fsp3) is 0.0833. The minimum Gasteiger partial charge on any atom is -0.494 e. The van der Waals surface area contributed by atoms with Gasteiger partial charge in [0, 0.05) is 12.4 Å². The van der Waals surface area contributed by atoms with Crippen LogP contribution in [0.1, 0.15) is 11.5 Å². The lowest BCUT2D eigenvalue weighted by atomic mass is 9.84. The fourth-order valence-electron chi connectivity index (χ4n) is 1.92. The molecule has 0 unspecified atom stereocenters. The Hall–Kier alpha value is -3.03.